The van der Waals surface area contributed by atoms with Crippen molar-refractivity contribution in [2.75, 3.05) is 13.7 Å². The van der Waals surface area contributed by atoms with Gasteiger partial charge in [-0.1, -0.05) is 18.6 Å². The number of hydrogen-bond donors (Lipinski definition) is 1. The van der Waals surface area contributed by atoms with Gasteiger partial charge in [0, 0.05) is 25.0 Å². The summed E-state index contributed by atoms with van der Waals surface area (Å²) in [6.07, 6.45) is 0.240. The first-order valence-corrected chi connectivity index (χ1v) is 6.06. The van der Waals surface area contributed by atoms with Gasteiger partial charge in [0.05, 0.1) is 12.7 Å². The van der Waals surface area contributed by atoms with Crippen molar-refractivity contribution in [2.24, 2.45) is 5.92 Å². The van der Waals surface area contributed by atoms with Crippen LogP contribution in [0.5, 0.6) is 5.75 Å². The molecule has 0 radical (unpaired) electrons. The molecule has 17 heavy (non-hydrogen) atoms. The van der Waals surface area contributed by atoms with Crippen LogP contribution >= 0.6 is 0 Å². The van der Waals surface area contributed by atoms with E-state index in [0.717, 1.165) is 16.9 Å². The molecule has 94 valence electrons. The van der Waals surface area contributed by atoms with Gasteiger partial charge in [-0.2, -0.15) is 0 Å². The molecule has 2 rings (SSSR count). The lowest BCUT2D eigenvalue weighted by molar-refractivity contribution is 0.0136. The molecule has 0 saturated heterocycles. The Morgan fingerprint density at radius 3 is 3.00 bits per heavy atom. The smallest absolute Gasteiger partial charge is 0.125 e. The summed E-state index contributed by atoms with van der Waals surface area (Å²) in [4.78, 5) is 0. The summed E-state index contributed by atoms with van der Waals surface area (Å²) in [6, 6.07) is 5.95. The molecule has 1 aliphatic heterocycles. The van der Waals surface area contributed by atoms with Gasteiger partial charge in [0.2, 0.25) is 0 Å². The third kappa shape index (κ3) is 2.61. The zero-order chi connectivity index (χ0) is 12.4. The Morgan fingerprint density at radius 1 is 1.53 bits per heavy atom. The first kappa shape index (κ1) is 12.4. The number of aryl methyl sites for hydroxylation is 1. The average molecular weight is 236 g/mol. The molecule has 0 spiro atoms. The fourth-order valence-corrected chi connectivity index (χ4v) is 2.31. The van der Waals surface area contributed by atoms with Crippen molar-refractivity contribution in [3.8, 4) is 5.75 Å². The minimum atomic E-state index is -0.428. The lowest BCUT2D eigenvalue weighted by atomic mass is 9.92. The highest BCUT2D eigenvalue weighted by Crippen LogP contribution is 2.37. The summed E-state index contributed by atoms with van der Waals surface area (Å²) in [6.45, 7) is 4.76. The van der Waals surface area contributed by atoms with Crippen LogP contribution in [0.25, 0.3) is 0 Å². The van der Waals surface area contributed by atoms with E-state index in [2.05, 4.69) is 6.92 Å². The molecule has 1 aromatic rings. The Hall–Kier alpha value is -1.06. The summed E-state index contributed by atoms with van der Waals surface area (Å²) < 4.78 is 11.1. The summed E-state index contributed by atoms with van der Waals surface area (Å²) in [5.41, 5.74) is 2.06. The van der Waals surface area contributed by atoms with E-state index in [-0.39, 0.29) is 12.0 Å². The van der Waals surface area contributed by atoms with Gasteiger partial charge in [0.1, 0.15) is 11.9 Å². The number of hydrogen-bond acceptors (Lipinski definition) is 3. The van der Waals surface area contributed by atoms with E-state index in [1.165, 1.54) is 0 Å². The van der Waals surface area contributed by atoms with Crippen molar-refractivity contribution in [1.82, 2.24) is 0 Å². The molecule has 3 heteroatoms. The second-order valence-corrected chi connectivity index (χ2v) is 4.88. The largest absolute Gasteiger partial charge is 0.490 e. The van der Waals surface area contributed by atoms with Gasteiger partial charge in [0.25, 0.3) is 0 Å². The fourth-order valence-electron chi connectivity index (χ4n) is 2.31. The van der Waals surface area contributed by atoms with Crippen LogP contribution in [0.2, 0.25) is 0 Å². The Morgan fingerprint density at radius 2 is 2.29 bits per heavy atom. The van der Waals surface area contributed by atoms with Gasteiger partial charge in [-0.05, 0) is 19.1 Å². The van der Waals surface area contributed by atoms with Gasteiger partial charge in [-0.25, -0.2) is 0 Å². The molecule has 0 amide bonds. The molecule has 3 unspecified atom stereocenters. The van der Waals surface area contributed by atoms with E-state index < -0.39 is 6.10 Å². The average Bonchev–Trinajstić information content (AvgIpc) is 2.30. The molecule has 1 heterocycles. The van der Waals surface area contributed by atoms with Gasteiger partial charge < -0.3 is 14.6 Å². The van der Waals surface area contributed by atoms with E-state index in [1.54, 1.807) is 7.11 Å². The van der Waals surface area contributed by atoms with Crippen LogP contribution in [0.15, 0.2) is 18.2 Å². The SMILES string of the molecule is COCC(C)C1CC(O)c2cc(C)ccc2O1. The number of rotatable bonds is 3. The van der Waals surface area contributed by atoms with Crippen molar-refractivity contribution < 1.29 is 14.6 Å². The van der Waals surface area contributed by atoms with E-state index in [0.29, 0.717) is 13.0 Å². The van der Waals surface area contributed by atoms with Crippen LogP contribution < -0.4 is 4.74 Å². The number of benzene rings is 1. The maximum absolute atomic E-state index is 10.2. The molecular formula is C14H20O3. The molecule has 3 nitrogen and oxygen atoms in total. The Kier molecular flexibility index (Phi) is 3.69. The molecule has 0 aliphatic carbocycles. The lowest BCUT2D eigenvalue weighted by Crippen LogP contribution is -2.33. The van der Waals surface area contributed by atoms with Gasteiger partial charge in [0.15, 0.2) is 0 Å². The molecule has 0 bridgehead atoms. The van der Waals surface area contributed by atoms with Gasteiger partial charge in [-0.15, -0.1) is 0 Å². The highest BCUT2D eigenvalue weighted by atomic mass is 16.5. The molecule has 1 N–H and O–H groups in total. The number of aliphatic hydroxyl groups is 1. The van der Waals surface area contributed by atoms with E-state index in [1.807, 2.05) is 25.1 Å². The molecule has 0 fully saturated rings. The van der Waals surface area contributed by atoms with E-state index >= 15 is 0 Å². The number of fused-ring (bicyclic) bond motifs is 1. The topological polar surface area (TPSA) is 38.7 Å². The second kappa shape index (κ2) is 5.07. The third-order valence-electron chi connectivity index (χ3n) is 3.32. The van der Waals surface area contributed by atoms with Crippen molar-refractivity contribution in [3.63, 3.8) is 0 Å². The molecule has 3 atom stereocenters. The molecule has 1 aromatic carbocycles. The molecule has 0 aromatic heterocycles. The quantitative estimate of drug-likeness (QED) is 0.876. The molecular weight excluding hydrogens is 216 g/mol. The summed E-state index contributed by atoms with van der Waals surface area (Å²) in [5.74, 6) is 1.09. The van der Waals surface area contributed by atoms with E-state index in [9.17, 15) is 5.11 Å². The zero-order valence-corrected chi connectivity index (χ0v) is 10.6. The fraction of sp³-hybridized carbons (Fsp3) is 0.571. The Labute approximate surface area is 102 Å². The number of aliphatic hydroxyl groups excluding tert-OH is 1. The van der Waals surface area contributed by atoms with Crippen LogP contribution in [0.1, 0.15) is 30.6 Å². The van der Waals surface area contributed by atoms with Crippen LogP contribution in [-0.4, -0.2) is 24.9 Å². The first-order valence-electron chi connectivity index (χ1n) is 6.06. The lowest BCUT2D eigenvalue weighted by Gasteiger charge is -2.33. The highest BCUT2D eigenvalue weighted by molar-refractivity contribution is 5.40. The van der Waals surface area contributed by atoms with Crippen molar-refractivity contribution in [3.05, 3.63) is 29.3 Å². The molecule has 0 saturated carbocycles. The normalized spacial score (nSPS) is 24.9. The maximum Gasteiger partial charge on any atom is 0.125 e. The predicted molar refractivity (Wildman–Crippen MR) is 66.2 cm³/mol. The standard InChI is InChI=1S/C14H20O3/c1-9-4-5-13-11(6-9)12(15)7-14(17-13)10(2)8-16-3/h4-6,10,12,14-15H,7-8H2,1-3H3. The summed E-state index contributed by atoms with van der Waals surface area (Å²) in [7, 11) is 1.69. The number of methoxy groups -OCH3 is 1. The van der Waals surface area contributed by atoms with Crippen LogP contribution in [0, 0.1) is 12.8 Å². The minimum Gasteiger partial charge on any atom is -0.490 e. The first-order chi connectivity index (χ1) is 8.11. The van der Waals surface area contributed by atoms with E-state index in [4.69, 9.17) is 9.47 Å². The summed E-state index contributed by atoms with van der Waals surface area (Å²) >= 11 is 0. The van der Waals surface area contributed by atoms with Crippen LogP contribution in [0.3, 0.4) is 0 Å². The highest BCUT2D eigenvalue weighted by Gasteiger charge is 2.30. The van der Waals surface area contributed by atoms with Gasteiger partial charge >= 0.3 is 0 Å². The Balaban J connectivity index is 2.18. The summed E-state index contributed by atoms with van der Waals surface area (Å²) in [5, 5.41) is 10.2. The molecule has 1 aliphatic rings. The number of ether oxygens (including phenoxy) is 2. The predicted octanol–water partition coefficient (Wildman–Crippen LogP) is 2.46. The monoisotopic (exact) mass is 236 g/mol. The second-order valence-electron chi connectivity index (χ2n) is 4.88. The van der Waals surface area contributed by atoms with Gasteiger partial charge in [-0.3, -0.25) is 0 Å². The van der Waals surface area contributed by atoms with Crippen molar-refractivity contribution >= 4 is 0 Å². The van der Waals surface area contributed by atoms with Crippen LogP contribution in [-0.2, 0) is 4.74 Å². The minimum absolute atomic E-state index is 0.0279. The van der Waals surface area contributed by atoms with Crippen LogP contribution in [0.4, 0.5) is 0 Å². The van der Waals surface area contributed by atoms with Crippen molar-refractivity contribution in [1.29, 1.82) is 0 Å². The Bertz CT molecular complexity index is 389. The zero-order valence-electron chi connectivity index (χ0n) is 10.6. The third-order valence-corrected chi connectivity index (χ3v) is 3.32. The maximum atomic E-state index is 10.2. The van der Waals surface area contributed by atoms with Crippen molar-refractivity contribution in [2.45, 2.75) is 32.5 Å².